The van der Waals surface area contributed by atoms with Crippen molar-refractivity contribution in [3.8, 4) is 0 Å². The molecule has 1 rings (SSSR count). The summed E-state index contributed by atoms with van der Waals surface area (Å²) in [6.45, 7) is 5.98. The van der Waals surface area contributed by atoms with Crippen LogP contribution in [0.1, 0.15) is 174 Å². The lowest BCUT2D eigenvalue weighted by atomic mass is 9.98. The Morgan fingerprint density at radius 2 is 1.05 bits per heavy atom. The smallest absolute Gasteiger partial charge is 0.168 e. The number of rotatable bonds is 28. The molecular formula is C35H67NO2. The van der Waals surface area contributed by atoms with Gasteiger partial charge in [-0.15, -0.1) is 0 Å². The van der Waals surface area contributed by atoms with E-state index >= 15 is 0 Å². The number of nitrogens with two attached hydrogens (primary N) is 1. The van der Waals surface area contributed by atoms with Gasteiger partial charge in [0.25, 0.3) is 0 Å². The predicted molar refractivity (Wildman–Crippen MR) is 168 cm³/mol. The van der Waals surface area contributed by atoms with Crippen molar-refractivity contribution in [2.45, 2.75) is 186 Å². The van der Waals surface area contributed by atoms with Crippen molar-refractivity contribution in [2.24, 2.45) is 5.73 Å². The molecule has 0 aromatic carbocycles. The fraction of sp³-hybridized carbons (Fsp3) is 0.886. The zero-order valence-electron chi connectivity index (χ0n) is 25.9. The first-order chi connectivity index (χ1) is 18.8. The number of allylic oxidation sites excluding steroid dienone is 4. The fourth-order valence-corrected chi connectivity index (χ4v) is 5.60. The highest BCUT2D eigenvalue weighted by Gasteiger charge is 2.39. The summed E-state index contributed by atoms with van der Waals surface area (Å²) in [6.07, 6.45) is 41.8. The molecule has 2 unspecified atom stereocenters. The second-order valence-corrected chi connectivity index (χ2v) is 11.8. The first-order valence-electron chi connectivity index (χ1n) is 17.1. The summed E-state index contributed by atoms with van der Waals surface area (Å²) in [5.41, 5.74) is 5.80. The molecule has 2 atom stereocenters. The molecule has 0 saturated carbocycles. The molecule has 1 saturated heterocycles. The maximum atomic E-state index is 6.48. The molecule has 0 aromatic rings. The number of unbranched alkanes of at least 4 members (excludes halogenated alkanes) is 18. The van der Waals surface area contributed by atoms with E-state index in [9.17, 15) is 0 Å². The number of hydrogen-bond acceptors (Lipinski definition) is 3. The lowest BCUT2D eigenvalue weighted by Gasteiger charge is -2.28. The van der Waals surface area contributed by atoms with Gasteiger partial charge in [0.2, 0.25) is 0 Å². The van der Waals surface area contributed by atoms with Gasteiger partial charge in [-0.05, 0) is 57.9 Å². The van der Waals surface area contributed by atoms with Crippen LogP contribution in [0.4, 0.5) is 0 Å². The van der Waals surface area contributed by atoms with Gasteiger partial charge in [0.15, 0.2) is 5.79 Å². The summed E-state index contributed by atoms with van der Waals surface area (Å²) in [5, 5.41) is 0. The number of ether oxygens (including phenoxy) is 2. The molecule has 2 N–H and O–H groups in total. The van der Waals surface area contributed by atoms with E-state index in [0.29, 0.717) is 6.54 Å². The quantitative estimate of drug-likeness (QED) is 0.0803. The highest BCUT2D eigenvalue weighted by molar-refractivity contribution is 4.92. The van der Waals surface area contributed by atoms with Gasteiger partial charge in [-0.2, -0.15) is 0 Å². The zero-order chi connectivity index (χ0) is 27.4. The van der Waals surface area contributed by atoms with E-state index in [1.165, 1.54) is 135 Å². The molecule has 0 amide bonds. The monoisotopic (exact) mass is 534 g/mol. The normalized spacial score (nSPS) is 19.9. The van der Waals surface area contributed by atoms with Crippen molar-refractivity contribution < 1.29 is 9.47 Å². The van der Waals surface area contributed by atoms with Crippen LogP contribution < -0.4 is 5.73 Å². The lowest BCUT2D eigenvalue weighted by Crippen LogP contribution is -2.31. The summed E-state index contributed by atoms with van der Waals surface area (Å²) in [5.74, 6) is -0.324. The van der Waals surface area contributed by atoms with Gasteiger partial charge < -0.3 is 15.2 Å². The minimum Gasteiger partial charge on any atom is -0.347 e. The molecule has 1 fully saturated rings. The van der Waals surface area contributed by atoms with Crippen LogP contribution in [0.25, 0.3) is 0 Å². The lowest BCUT2D eigenvalue weighted by molar-refractivity contribution is -0.179. The summed E-state index contributed by atoms with van der Waals surface area (Å²) < 4.78 is 12.8. The second kappa shape index (κ2) is 26.6. The van der Waals surface area contributed by atoms with Gasteiger partial charge in [0, 0.05) is 12.8 Å². The minimum absolute atomic E-state index is 0.202. The Balaban J connectivity index is 2.09. The highest BCUT2D eigenvalue weighted by Crippen LogP contribution is 2.35. The first kappa shape index (κ1) is 35.4. The maximum absolute atomic E-state index is 6.48. The van der Waals surface area contributed by atoms with E-state index in [-0.39, 0.29) is 11.9 Å². The van der Waals surface area contributed by atoms with E-state index in [2.05, 4.69) is 38.2 Å². The molecule has 0 bridgehead atoms. The summed E-state index contributed by atoms with van der Waals surface area (Å²) in [4.78, 5) is 0. The molecule has 38 heavy (non-hydrogen) atoms. The van der Waals surface area contributed by atoms with Crippen molar-refractivity contribution in [2.75, 3.05) is 13.2 Å². The van der Waals surface area contributed by atoms with Crippen LogP contribution in [0, 0.1) is 0 Å². The van der Waals surface area contributed by atoms with Crippen LogP contribution in [0.2, 0.25) is 0 Å². The van der Waals surface area contributed by atoms with Gasteiger partial charge in [-0.1, -0.05) is 134 Å². The van der Waals surface area contributed by atoms with Crippen LogP contribution in [0.3, 0.4) is 0 Å². The van der Waals surface area contributed by atoms with Gasteiger partial charge in [0.1, 0.15) is 0 Å². The topological polar surface area (TPSA) is 44.5 Å². The molecule has 0 aromatic heterocycles. The molecule has 0 aliphatic carbocycles. The molecule has 1 aliphatic rings. The third-order valence-corrected chi connectivity index (χ3v) is 8.07. The van der Waals surface area contributed by atoms with Crippen molar-refractivity contribution in [1.82, 2.24) is 0 Å². The Bertz CT molecular complexity index is 546. The maximum Gasteiger partial charge on any atom is 0.168 e. The van der Waals surface area contributed by atoms with E-state index in [4.69, 9.17) is 15.2 Å². The highest BCUT2D eigenvalue weighted by atomic mass is 16.7. The molecule has 3 heteroatoms. The fourth-order valence-electron chi connectivity index (χ4n) is 5.60. The first-order valence-corrected chi connectivity index (χ1v) is 17.1. The van der Waals surface area contributed by atoms with Crippen LogP contribution in [0.15, 0.2) is 24.3 Å². The summed E-state index contributed by atoms with van der Waals surface area (Å²) >= 11 is 0. The third kappa shape index (κ3) is 20.3. The molecule has 0 radical (unpaired) electrons. The molecule has 0 spiro atoms. The Morgan fingerprint density at radius 1 is 0.605 bits per heavy atom. The van der Waals surface area contributed by atoms with Crippen LogP contribution in [0.5, 0.6) is 0 Å². The Labute approximate surface area is 238 Å². The summed E-state index contributed by atoms with van der Waals surface area (Å²) in [7, 11) is 0. The average molecular weight is 534 g/mol. The molecule has 224 valence electrons. The minimum atomic E-state index is -0.324. The van der Waals surface area contributed by atoms with Crippen molar-refractivity contribution in [3.05, 3.63) is 24.3 Å². The van der Waals surface area contributed by atoms with Crippen molar-refractivity contribution in [1.29, 1.82) is 0 Å². The zero-order valence-corrected chi connectivity index (χ0v) is 25.9. The van der Waals surface area contributed by atoms with Crippen LogP contribution in [-0.2, 0) is 9.47 Å². The van der Waals surface area contributed by atoms with Crippen LogP contribution >= 0.6 is 0 Å². The largest absolute Gasteiger partial charge is 0.347 e. The van der Waals surface area contributed by atoms with Gasteiger partial charge in [-0.3, -0.25) is 0 Å². The Hall–Kier alpha value is -0.640. The molecule has 3 nitrogen and oxygen atoms in total. The number of hydrogen-bond donors (Lipinski definition) is 1. The average Bonchev–Trinajstić information content (AvgIpc) is 3.32. The van der Waals surface area contributed by atoms with E-state index < -0.39 is 0 Å². The van der Waals surface area contributed by atoms with E-state index in [1.807, 2.05) is 0 Å². The molecule has 1 aliphatic heterocycles. The van der Waals surface area contributed by atoms with E-state index in [0.717, 1.165) is 32.3 Å². The summed E-state index contributed by atoms with van der Waals surface area (Å²) in [6, 6.07) is 0. The third-order valence-electron chi connectivity index (χ3n) is 8.07. The second-order valence-electron chi connectivity index (χ2n) is 11.8. The van der Waals surface area contributed by atoms with Crippen LogP contribution in [-0.4, -0.2) is 25.0 Å². The standard InChI is InChI=1S/C35H67NO2/c1-3-5-7-9-11-13-15-16-17-18-19-20-22-24-26-28-31-35(37-33-34(38-35)29-32-36)30-27-25-23-21-14-12-10-8-6-4-2/h11,13,16-17,34H,3-10,12,14-15,18-33,36H2,1-2H3/b13-11-,17-16-. The van der Waals surface area contributed by atoms with Gasteiger partial charge in [-0.25, -0.2) is 0 Å². The van der Waals surface area contributed by atoms with Crippen molar-refractivity contribution >= 4 is 0 Å². The SMILES string of the molecule is CCCCC/C=C\C/C=C\CCCCCCCCC1(CCCCCCCCCCCC)OCC(CCN)O1. The van der Waals surface area contributed by atoms with E-state index in [1.54, 1.807) is 0 Å². The molecular weight excluding hydrogens is 466 g/mol. The van der Waals surface area contributed by atoms with Crippen molar-refractivity contribution in [3.63, 3.8) is 0 Å². The Kier molecular flexibility index (Phi) is 24.7. The molecule has 1 heterocycles. The predicted octanol–water partition coefficient (Wildman–Crippen LogP) is 11.0. The Morgan fingerprint density at radius 3 is 1.58 bits per heavy atom. The van der Waals surface area contributed by atoms with Gasteiger partial charge >= 0.3 is 0 Å². The van der Waals surface area contributed by atoms with Gasteiger partial charge in [0.05, 0.1) is 12.7 Å².